The molecular formula is C18H31N3. The van der Waals surface area contributed by atoms with Crippen molar-refractivity contribution in [3.05, 3.63) is 23.4 Å². The predicted octanol–water partition coefficient (Wildman–Crippen LogP) is 3.90. The van der Waals surface area contributed by atoms with Gasteiger partial charge in [-0.05, 0) is 62.3 Å². The second kappa shape index (κ2) is 7.79. The van der Waals surface area contributed by atoms with Crippen LogP contribution in [0, 0.1) is 12.8 Å². The average Bonchev–Trinajstić information content (AvgIpc) is 2.52. The molecule has 1 aliphatic carbocycles. The normalized spacial score (nSPS) is 22.3. The fourth-order valence-electron chi connectivity index (χ4n) is 3.47. The molecule has 1 heterocycles. The van der Waals surface area contributed by atoms with Crippen LogP contribution in [0.25, 0.3) is 0 Å². The first-order chi connectivity index (χ1) is 10.2. The van der Waals surface area contributed by atoms with Gasteiger partial charge in [-0.2, -0.15) is 0 Å². The number of aromatic nitrogens is 1. The van der Waals surface area contributed by atoms with E-state index < -0.39 is 0 Å². The van der Waals surface area contributed by atoms with Crippen molar-refractivity contribution in [1.82, 2.24) is 10.3 Å². The van der Waals surface area contributed by atoms with Crippen LogP contribution in [-0.4, -0.2) is 24.6 Å². The standard InChI is InChI=1S/C18H31N3/c1-5-15-7-9-17(10-8-15)21(4)18-14(3)11-16(13-20-18)12-19-6-2/h11,13,15,17,19H,5-10,12H2,1-4H3. The van der Waals surface area contributed by atoms with Crippen LogP contribution < -0.4 is 10.2 Å². The molecule has 1 fully saturated rings. The van der Waals surface area contributed by atoms with Gasteiger partial charge < -0.3 is 10.2 Å². The van der Waals surface area contributed by atoms with E-state index in [0.29, 0.717) is 6.04 Å². The number of aryl methyl sites for hydroxylation is 1. The lowest BCUT2D eigenvalue weighted by Crippen LogP contribution is -2.36. The largest absolute Gasteiger partial charge is 0.356 e. The number of nitrogens with one attached hydrogen (secondary N) is 1. The first-order valence-electron chi connectivity index (χ1n) is 8.54. The fraction of sp³-hybridized carbons (Fsp3) is 0.722. The zero-order chi connectivity index (χ0) is 15.2. The molecule has 0 saturated heterocycles. The molecule has 3 nitrogen and oxygen atoms in total. The maximum absolute atomic E-state index is 4.73. The molecule has 1 N–H and O–H groups in total. The lowest BCUT2D eigenvalue weighted by atomic mass is 9.84. The van der Waals surface area contributed by atoms with Gasteiger partial charge in [0.15, 0.2) is 0 Å². The van der Waals surface area contributed by atoms with Crippen LogP contribution in [0.5, 0.6) is 0 Å². The van der Waals surface area contributed by atoms with E-state index in [1.54, 1.807) is 0 Å². The van der Waals surface area contributed by atoms with E-state index in [1.165, 1.54) is 43.2 Å². The Morgan fingerprint density at radius 2 is 1.95 bits per heavy atom. The van der Waals surface area contributed by atoms with E-state index in [0.717, 1.165) is 24.8 Å². The van der Waals surface area contributed by atoms with Crippen molar-refractivity contribution in [2.24, 2.45) is 5.92 Å². The second-order valence-corrected chi connectivity index (χ2v) is 6.46. The van der Waals surface area contributed by atoms with Gasteiger partial charge >= 0.3 is 0 Å². The molecule has 0 aromatic carbocycles. The number of nitrogens with zero attached hydrogens (tertiary/aromatic N) is 2. The topological polar surface area (TPSA) is 28.2 Å². The first-order valence-corrected chi connectivity index (χ1v) is 8.54. The number of anilines is 1. The van der Waals surface area contributed by atoms with E-state index >= 15 is 0 Å². The third-order valence-electron chi connectivity index (χ3n) is 4.96. The molecule has 1 aromatic heterocycles. The average molecular weight is 289 g/mol. The Labute approximate surface area is 130 Å². The molecule has 0 amide bonds. The summed E-state index contributed by atoms with van der Waals surface area (Å²) in [6.45, 7) is 8.56. The van der Waals surface area contributed by atoms with E-state index in [1.807, 2.05) is 6.20 Å². The van der Waals surface area contributed by atoms with Crippen molar-refractivity contribution < 1.29 is 0 Å². The van der Waals surface area contributed by atoms with Crippen LogP contribution in [0.4, 0.5) is 5.82 Å². The van der Waals surface area contributed by atoms with Gasteiger partial charge in [0.05, 0.1) is 0 Å². The minimum Gasteiger partial charge on any atom is -0.356 e. The summed E-state index contributed by atoms with van der Waals surface area (Å²) in [6, 6.07) is 2.94. The molecule has 0 atom stereocenters. The van der Waals surface area contributed by atoms with Crippen LogP contribution in [-0.2, 0) is 6.54 Å². The number of hydrogen-bond acceptors (Lipinski definition) is 3. The molecule has 1 saturated carbocycles. The van der Waals surface area contributed by atoms with Gasteiger partial charge in [0.2, 0.25) is 0 Å². The zero-order valence-corrected chi connectivity index (χ0v) is 14.2. The summed E-state index contributed by atoms with van der Waals surface area (Å²) in [5.74, 6) is 2.11. The molecule has 0 unspecified atom stereocenters. The first kappa shape index (κ1) is 16.3. The maximum Gasteiger partial charge on any atom is 0.131 e. The quantitative estimate of drug-likeness (QED) is 0.860. The number of rotatable bonds is 6. The van der Waals surface area contributed by atoms with Crippen molar-refractivity contribution in [1.29, 1.82) is 0 Å². The van der Waals surface area contributed by atoms with Gasteiger partial charge in [-0.15, -0.1) is 0 Å². The van der Waals surface area contributed by atoms with Gasteiger partial charge in [-0.1, -0.05) is 20.3 Å². The molecule has 1 aliphatic rings. The summed E-state index contributed by atoms with van der Waals surface area (Å²) < 4.78 is 0. The van der Waals surface area contributed by atoms with Crippen molar-refractivity contribution in [2.75, 3.05) is 18.5 Å². The van der Waals surface area contributed by atoms with Crippen LogP contribution in [0.15, 0.2) is 12.3 Å². The van der Waals surface area contributed by atoms with Crippen molar-refractivity contribution >= 4 is 5.82 Å². The van der Waals surface area contributed by atoms with Gasteiger partial charge in [0.1, 0.15) is 5.82 Å². The van der Waals surface area contributed by atoms with E-state index in [4.69, 9.17) is 4.98 Å². The summed E-state index contributed by atoms with van der Waals surface area (Å²) in [7, 11) is 2.22. The molecule has 1 aromatic rings. The number of hydrogen-bond donors (Lipinski definition) is 1. The lowest BCUT2D eigenvalue weighted by molar-refractivity contribution is 0.312. The van der Waals surface area contributed by atoms with E-state index in [2.05, 4.69) is 44.1 Å². The van der Waals surface area contributed by atoms with Crippen molar-refractivity contribution in [2.45, 2.75) is 65.5 Å². The molecular weight excluding hydrogens is 258 g/mol. The SMILES string of the molecule is CCNCc1cnc(N(C)C2CCC(CC)CC2)c(C)c1. The molecule has 21 heavy (non-hydrogen) atoms. The van der Waals surface area contributed by atoms with E-state index in [9.17, 15) is 0 Å². The summed E-state index contributed by atoms with van der Waals surface area (Å²) in [5, 5.41) is 3.36. The monoisotopic (exact) mass is 289 g/mol. The summed E-state index contributed by atoms with van der Waals surface area (Å²) >= 11 is 0. The molecule has 0 spiro atoms. The Morgan fingerprint density at radius 1 is 1.24 bits per heavy atom. The van der Waals surface area contributed by atoms with Gasteiger partial charge in [-0.25, -0.2) is 4.98 Å². The van der Waals surface area contributed by atoms with Crippen molar-refractivity contribution in [3.63, 3.8) is 0 Å². The highest BCUT2D eigenvalue weighted by molar-refractivity contribution is 5.47. The third-order valence-corrected chi connectivity index (χ3v) is 4.96. The van der Waals surface area contributed by atoms with Gasteiger partial charge in [0.25, 0.3) is 0 Å². The molecule has 0 radical (unpaired) electrons. The van der Waals surface area contributed by atoms with Crippen LogP contribution in [0.2, 0.25) is 0 Å². The predicted molar refractivity (Wildman–Crippen MR) is 90.8 cm³/mol. The molecule has 0 bridgehead atoms. The van der Waals surface area contributed by atoms with Crippen LogP contribution in [0.1, 0.15) is 57.1 Å². The highest BCUT2D eigenvalue weighted by atomic mass is 15.2. The second-order valence-electron chi connectivity index (χ2n) is 6.46. The molecule has 118 valence electrons. The van der Waals surface area contributed by atoms with Crippen molar-refractivity contribution in [3.8, 4) is 0 Å². The lowest BCUT2D eigenvalue weighted by Gasteiger charge is -2.35. The Kier molecular flexibility index (Phi) is 6.04. The fourth-order valence-corrected chi connectivity index (χ4v) is 3.47. The smallest absolute Gasteiger partial charge is 0.131 e. The summed E-state index contributed by atoms with van der Waals surface area (Å²) in [6.07, 6.45) is 8.75. The minimum atomic E-state index is 0.665. The highest BCUT2D eigenvalue weighted by Gasteiger charge is 2.24. The van der Waals surface area contributed by atoms with Crippen LogP contribution >= 0.6 is 0 Å². The molecule has 0 aliphatic heterocycles. The Bertz CT molecular complexity index is 436. The van der Waals surface area contributed by atoms with Gasteiger partial charge in [-0.3, -0.25) is 0 Å². The Hall–Kier alpha value is -1.09. The van der Waals surface area contributed by atoms with E-state index in [-0.39, 0.29) is 0 Å². The number of pyridine rings is 1. The summed E-state index contributed by atoms with van der Waals surface area (Å²) in [5.41, 5.74) is 2.58. The maximum atomic E-state index is 4.73. The van der Waals surface area contributed by atoms with Crippen LogP contribution in [0.3, 0.4) is 0 Å². The minimum absolute atomic E-state index is 0.665. The Morgan fingerprint density at radius 3 is 2.52 bits per heavy atom. The molecule has 3 heteroatoms. The molecule has 2 rings (SSSR count). The summed E-state index contributed by atoms with van der Waals surface area (Å²) in [4.78, 5) is 7.15. The third kappa shape index (κ3) is 4.19. The highest BCUT2D eigenvalue weighted by Crippen LogP contribution is 2.31. The van der Waals surface area contributed by atoms with Gasteiger partial charge in [0, 0.05) is 25.8 Å². The Balaban J connectivity index is 2.00. The zero-order valence-electron chi connectivity index (χ0n) is 14.2.